The second kappa shape index (κ2) is 28.6. The molecule has 23 heteroatoms. The van der Waals surface area contributed by atoms with Crippen LogP contribution < -0.4 is 31.3 Å². The molecule has 0 aliphatic rings. The van der Waals surface area contributed by atoms with Gasteiger partial charge < -0.3 is 45.4 Å². The van der Waals surface area contributed by atoms with Gasteiger partial charge in [0.15, 0.2) is 15.5 Å². The second-order valence-corrected chi connectivity index (χ2v) is 20.7. The van der Waals surface area contributed by atoms with Crippen molar-refractivity contribution in [2.45, 2.75) is 123 Å². The van der Waals surface area contributed by atoms with E-state index in [4.69, 9.17) is 24.7 Å². The number of hydrogen-bond acceptors (Lipinski definition) is 15. The van der Waals surface area contributed by atoms with E-state index in [2.05, 4.69) is 44.6 Å². The zero-order valence-electron chi connectivity index (χ0n) is 44.3. The minimum atomic E-state index is -3.69. The Bertz CT molecular complexity index is 2830. The van der Waals surface area contributed by atoms with Crippen molar-refractivity contribution in [3.05, 3.63) is 96.4 Å². The Morgan fingerprint density at radius 1 is 0.800 bits per heavy atom. The molecule has 0 bridgehead atoms. The molecule has 5 amide bonds. The molecule has 3 aromatic carbocycles. The summed E-state index contributed by atoms with van der Waals surface area (Å²) in [5.74, 6) is -2.21. The third kappa shape index (κ3) is 22.5. The van der Waals surface area contributed by atoms with Crippen molar-refractivity contribution in [1.29, 1.82) is 0 Å². The second-order valence-electron chi connectivity index (χ2n) is 18.7. The molecular weight excluding hydrogens is 996 g/mol. The van der Waals surface area contributed by atoms with E-state index < -0.39 is 64.0 Å². The number of benzene rings is 3. The van der Waals surface area contributed by atoms with E-state index in [9.17, 15) is 41.6 Å². The fraction of sp³-hybridized carbons (Fsp3) is 0.423. The quantitative estimate of drug-likeness (QED) is 0.0276. The molecule has 1 atom stereocenters. The number of unbranched alkanes of at least 4 members (excludes halogenated alkanes) is 2. The van der Waals surface area contributed by atoms with Crippen LogP contribution >= 0.6 is 0 Å². The Balaban J connectivity index is 0.00000122. The number of nitrogens with two attached hydrogens (primary N) is 1. The standard InChI is InChI=1S/C44H50FN7O11S.C5H11NO2.C3H8/c1-28(61-40(55)26-47-38(53)10-8-7-9-23-46-42(56)63-44(2,3)4)62-43(57)52(35-21-20-34(64(6,58)59)25-36(35)60-5)41-49-37-22-15-31(27-51(37)50-41)30-13-18-33(19-14-30)48-39(54)24-29-11-16-32(45)17-12-29;1-5(2,3)8-4(6)7;1-3-2/h11-22,25,27-28H,7-10,23-24,26H2,1-6H3,(H,46,56)(H,47,53)(H,48,54);1-3H3,(H2,6,7);3H2,1-2H3. The van der Waals surface area contributed by atoms with E-state index >= 15 is 0 Å². The number of nitrogens with zero attached hydrogens (tertiary/aromatic N) is 4. The molecule has 408 valence electrons. The number of nitrogens with one attached hydrogen (secondary N) is 3. The highest BCUT2D eigenvalue weighted by molar-refractivity contribution is 7.90. The highest BCUT2D eigenvalue weighted by Gasteiger charge is 2.30. The number of methoxy groups -OCH3 is 1. The first-order chi connectivity index (χ1) is 35.1. The number of esters is 1. The van der Waals surface area contributed by atoms with Gasteiger partial charge in [-0.2, -0.15) is 4.98 Å². The number of halogens is 1. The smallest absolute Gasteiger partial charge is 0.424 e. The van der Waals surface area contributed by atoms with E-state index in [1.54, 1.807) is 96.3 Å². The van der Waals surface area contributed by atoms with E-state index in [1.165, 1.54) is 55.3 Å². The average molecular weight is 1070 g/mol. The van der Waals surface area contributed by atoms with Crippen molar-refractivity contribution in [2.75, 3.05) is 36.7 Å². The molecule has 5 aromatic rings. The van der Waals surface area contributed by atoms with Crippen molar-refractivity contribution in [1.82, 2.24) is 25.2 Å². The highest BCUT2D eigenvalue weighted by Crippen LogP contribution is 2.36. The number of ether oxygens (including phenoxy) is 5. The molecule has 5 rings (SSSR count). The summed E-state index contributed by atoms with van der Waals surface area (Å²) >= 11 is 0. The minimum Gasteiger partial charge on any atom is -0.495 e. The van der Waals surface area contributed by atoms with Crippen LogP contribution in [0, 0.1) is 5.82 Å². The number of aromatic nitrogens is 3. The van der Waals surface area contributed by atoms with Crippen LogP contribution in [0.15, 0.2) is 90.0 Å². The topological polar surface area (TPSA) is 278 Å². The molecule has 75 heavy (non-hydrogen) atoms. The van der Waals surface area contributed by atoms with Crippen molar-refractivity contribution < 1.29 is 65.3 Å². The molecule has 21 nitrogen and oxygen atoms in total. The maximum Gasteiger partial charge on any atom is 0.424 e. The maximum atomic E-state index is 13.9. The van der Waals surface area contributed by atoms with Crippen LogP contribution in [0.3, 0.4) is 0 Å². The third-order valence-electron chi connectivity index (χ3n) is 9.45. The molecule has 0 saturated heterocycles. The number of alkyl carbamates (subject to hydrolysis) is 1. The molecule has 0 aliphatic heterocycles. The van der Waals surface area contributed by atoms with Gasteiger partial charge in [0, 0.05) is 49.7 Å². The Kier molecular flexibility index (Phi) is 23.4. The van der Waals surface area contributed by atoms with Gasteiger partial charge in [0.1, 0.15) is 29.3 Å². The molecular formula is C52H69FN8O13S. The number of carbonyl (C=O) groups excluding carboxylic acids is 6. The number of sulfone groups is 1. The van der Waals surface area contributed by atoms with Gasteiger partial charge in [-0.25, -0.2) is 36.6 Å². The Morgan fingerprint density at radius 3 is 2.00 bits per heavy atom. The molecule has 0 fully saturated rings. The SMILES string of the molecule is CC(C)(C)OC(N)=O.CCC.COc1cc(S(C)(=O)=O)ccc1N(C(=O)OC(C)OC(=O)CNC(=O)CCCCCNC(=O)OC(C)(C)C)c1nc2ccc(-c3ccc(NC(=O)Cc4ccc(F)cc4)cc3)cn2n1. The fourth-order valence-electron chi connectivity index (χ4n) is 6.34. The predicted octanol–water partition coefficient (Wildman–Crippen LogP) is 8.79. The third-order valence-corrected chi connectivity index (χ3v) is 10.6. The van der Waals surface area contributed by atoms with Crippen molar-refractivity contribution in [3.8, 4) is 16.9 Å². The van der Waals surface area contributed by atoms with Gasteiger partial charge in [0.25, 0.3) is 5.95 Å². The number of anilines is 3. The first-order valence-corrected chi connectivity index (χ1v) is 25.8. The normalized spacial score (nSPS) is 11.5. The summed E-state index contributed by atoms with van der Waals surface area (Å²) in [6.07, 6.45) is 2.04. The number of pyridine rings is 1. The molecule has 5 N–H and O–H groups in total. The van der Waals surface area contributed by atoms with E-state index in [1.807, 2.05) is 0 Å². The predicted molar refractivity (Wildman–Crippen MR) is 280 cm³/mol. The highest BCUT2D eigenvalue weighted by atomic mass is 32.2. The summed E-state index contributed by atoms with van der Waals surface area (Å²) in [6, 6.07) is 19.9. The summed E-state index contributed by atoms with van der Waals surface area (Å²) in [5.41, 5.74) is 6.62. The average Bonchev–Trinajstić information content (AvgIpc) is 3.72. The zero-order valence-corrected chi connectivity index (χ0v) is 45.1. The van der Waals surface area contributed by atoms with Crippen LogP contribution in [0.5, 0.6) is 5.75 Å². The molecule has 0 aliphatic carbocycles. The first kappa shape index (κ1) is 61.5. The van der Waals surface area contributed by atoms with Gasteiger partial charge in [-0.15, -0.1) is 5.10 Å². The fourth-order valence-corrected chi connectivity index (χ4v) is 6.97. The van der Waals surface area contributed by atoms with Crippen LogP contribution in [0.1, 0.15) is 100.0 Å². The lowest BCUT2D eigenvalue weighted by molar-refractivity contribution is -0.164. The van der Waals surface area contributed by atoms with E-state index in [-0.39, 0.29) is 46.8 Å². The van der Waals surface area contributed by atoms with Crippen LogP contribution in [0.2, 0.25) is 0 Å². The molecule has 0 saturated carbocycles. The van der Waals surface area contributed by atoms with Gasteiger partial charge in [-0.05, 0) is 114 Å². The number of hydrogen-bond donors (Lipinski definition) is 4. The van der Waals surface area contributed by atoms with E-state index in [0.29, 0.717) is 48.3 Å². The molecule has 2 heterocycles. The number of fused-ring (bicyclic) bond motifs is 1. The Hall–Kier alpha value is -7.82. The molecule has 0 spiro atoms. The first-order valence-electron chi connectivity index (χ1n) is 23.9. The number of rotatable bonds is 18. The van der Waals surface area contributed by atoms with Crippen molar-refractivity contribution >= 4 is 68.9 Å². The lowest BCUT2D eigenvalue weighted by atomic mass is 10.1. The molecule has 1 unspecified atom stereocenters. The lowest BCUT2D eigenvalue weighted by Gasteiger charge is -2.23. The van der Waals surface area contributed by atoms with Crippen molar-refractivity contribution in [2.24, 2.45) is 5.73 Å². The van der Waals surface area contributed by atoms with Gasteiger partial charge in [-0.3, -0.25) is 14.4 Å². The summed E-state index contributed by atoms with van der Waals surface area (Å²) < 4.78 is 65.4. The van der Waals surface area contributed by atoms with Crippen LogP contribution in [0.25, 0.3) is 16.8 Å². The maximum absolute atomic E-state index is 13.9. The van der Waals surface area contributed by atoms with Gasteiger partial charge in [0.2, 0.25) is 18.1 Å². The zero-order chi connectivity index (χ0) is 56.1. The van der Waals surface area contributed by atoms with Crippen LogP contribution in [0.4, 0.5) is 36.1 Å². The molecule has 0 radical (unpaired) electrons. The summed E-state index contributed by atoms with van der Waals surface area (Å²) in [4.78, 5) is 78.6. The number of amides is 5. The van der Waals surface area contributed by atoms with Crippen molar-refractivity contribution in [3.63, 3.8) is 0 Å². The molecule has 2 aromatic heterocycles. The van der Waals surface area contributed by atoms with E-state index in [0.717, 1.165) is 16.7 Å². The van der Waals surface area contributed by atoms with Gasteiger partial charge in [0.05, 0.1) is 24.1 Å². The Morgan fingerprint density at radius 2 is 1.43 bits per heavy atom. The number of primary amides is 1. The Labute approximate surface area is 436 Å². The number of carbonyl (C=O) groups is 6. The van der Waals surface area contributed by atoms with Crippen LogP contribution in [-0.4, -0.2) is 103 Å². The largest absolute Gasteiger partial charge is 0.495 e. The summed E-state index contributed by atoms with van der Waals surface area (Å²) in [6.45, 7) is 16.0. The minimum absolute atomic E-state index is 0.000459. The summed E-state index contributed by atoms with van der Waals surface area (Å²) in [5, 5.41) is 12.5. The monoisotopic (exact) mass is 1060 g/mol. The summed E-state index contributed by atoms with van der Waals surface area (Å²) in [7, 11) is -2.41. The lowest BCUT2D eigenvalue weighted by Crippen LogP contribution is -2.35. The van der Waals surface area contributed by atoms with Crippen LogP contribution in [-0.2, 0) is 49.6 Å². The van der Waals surface area contributed by atoms with Gasteiger partial charge in [-0.1, -0.05) is 51.0 Å². The van der Waals surface area contributed by atoms with Gasteiger partial charge >= 0.3 is 24.2 Å².